The van der Waals surface area contributed by atoms with E-state index in [2.05, 4.69) is 4.74 Å². The molecule has 0 aromatic carbocycles. The van der Waals surface area contributed by atoms with Crippen molar-refractivity contribution in [1.29, 1.82) is 0 Å². The summed E-state index contributed by atoms with van der Waals surface area (Å²) in [6, 6.07) is 0. The van der Waals surface area contributed by atoms with E-state index in [4.69, 9.17) is 0 Å². The van der Waals surface area contributed by atoms with Gasteiger partial charge in [0.25, 0.3) is 0 Å². The third-order valence-electron chi connectivity index (χ3n) is 3.49. The minimum atomic E-state index is -5.60. The Kier molecular flexibility index (Phi) is 3.18. The zero-order chi connectivity index (χ0) is 14.6. The highest BCUT2D eigenvalue weighted by Crippen LogP contribution is 2.64. The van der Waals surface area contributed by atoms with Crippen molar-refractivity contribution in [2.75, 3.05) is 6.61 Å². The predicted molar refractivity (Wildman–Crippen MR) is 44.1 cm³/mol. The lowest BCUT2D eigenvalue weighted by Crippen LogP contribution is -2.62. The molecule has 9 heteroatoms. The molecule has 0 amide bonds. The lowest BCUT2D eigenvalue weighted by molar-refractivity contribution is -0.341. The Morgan fingerprint density at radius 3 is 1.61 bits per heavy atom. The Morgan fingerprint density at radius 2 is 1.44 bits per heavy atom. The number of halogens is 8. The van der Waals surface area contributed by atoms with Gasteiger partial charge in [-0.15, -0.1) is 0 Å². The van der Waals surface area contributed by atoms with Gasteiger partial charge in [-0.1, -0.05) is 6.92 Å². The standard InChI is InChI=1S/C9H10F8O/c1-3-6(9(15,16)17)4-18-5(2,7(6,10)11)8(12,13)14/h3-4H2,1-2H3. The van der Waals surface area contributed by atoms with Crippen molar-refractivity contribution < 1.29 is 39.9 Å². The van der Waals surface area contributed by atoms with Gasteiger partial charge in [-0.05, 0) is 13.3 Å². The van der Waals surface area contributed by atoms with E-state index < -0.39 is 42.3 Å². The highest BCUT2D eigenvalue weighted by molar-refractivity contribution is 5.14. The van der Waals surface area contributed by atoms with Crippen molar-refractivity contribution >= 4 is 0 Å². The highest BCUT2D eigenvalue weighted by Gasteiger charge is 2.85. The van der Waals surface area contributed by atoms with Crippen molar-refractivity contribution in [3.63, 3.8) is 0 Å². The first-order valence-electron chi connectivity index (χ1n) is 4.92. The number of hydrogen-bond donors (Lipinski definition) is 0. The lowest BCUT2D eigenvalue weighted by Gasteiger charge is -2.39. The average Bonchev–Trinajstić information content (AvgIpc) is 2.35. The highest BCUT2D eigenvalue weighted by atomic mass is 19.4. The Morgan fingerprint density at radius 1 is 1.00 bits per heavy atom. The summed E-state index contributed by atoms with van der Waals surface area (Å²) in [5.41, 5.74) is -7.95. The maximum absolute atomic E-state index is 13.7. The van der Waals surface area contributed by atoms with E-state index in [0.717, 1.165) is 6.92 Å². The summed E-state index contributed by atoms with van der Waals surface area (Å²) in [6.45, 7) is -1.01. The zero-order valence-corrected chi connectivity index (χ0v) is 9.35. The van der Waals surface area contributed by atoms with E-state index in [1.807, 2.05) is 0 Å². The predicted octanol–water partition coefficient (Wildman–Crippen LogP) is 3.93. The van der Waals surface area contributed by atoms with Gasteiger partial charge in [0.1, 0.15) is 0 Å². The fraction of sp³-hybridized carbons (Fsp3) is 1.00. The molecule has 0 aliphatic carbocycles. The normalized spacial score (nSPS) is 37.0. The second kappa shape index (κ2) is 3.71. The molecule has 2 unspecified atom stereocenters. The van der Waals surface area contributed by atoms with Crippen molar-refractivity contribution in [2.24, 2.45) is 5.41 Å². The van der Waals surface area contributed by atoms with Crippen LogP contribution in [0.5, 0.6) is 0 Å². The minimum absolute atomic E-state index is 0.0594. The van der Waals surface area contributed by atoms with Gasteiger partial charge in [-0.3, -0.25) is 0 Å². The molecular weight excluding hydrogens is 276 g/mol. The van der Waals surface area contributed by atoms with Gasteiger partial charge in [0.2, 0.25) is 5.60 Å². The van der Waals surface area contributed by atoms with Crippen LogP contribution in [0.15, 0.2) is 0 Å². The van der Waals surface area contributed by atoms with Crippen molar-refractivity contribution in [3.05, 3.63) is 0 Å². The van der Waals surface area contributed by atoms with Crippen molar-refractivity contribution in [2.45, 2.75) is 44.1 Å². The third kappa shape index (κ3) is 1.55. The van der Waals surface area contributed by atoms with Crippen LogP contribution in [-0.4, -0.2) is 30.5 Å². The van der Waals surface area contributed by atoms with Crippen LogP contribution in [0.25, 0.3) is 0 Å². The number of alkyl halides is 8. The monoisotopic (exact) mass is 286 g/mol. The Hall–Kier alpha value is -0.600. The minimum Gasteiger partial charge on any atom is -0.359 e. The average molecular weight is 286 g/mol. The summed E-state index contributed by atoms with van der Waals surface area (Å²) in [4.78, 5) is 0. The van der Waals surface area contributed by atoms with Crippen LogP contribution in [-0.2, 0) is 4.74 Å². The molecule has 0 bridgehead atoms. The van der Waals surface area contributed by atoms with E-state index in [-0.39, 0.29) is 6.92 Å². The van der Waals surface area contributed by atoms with E-state index in [9.17, 15) is 35.1 Å². The van der Waals surface area contributed by atoms with Crippen LogP contribution in [0.3, 0.4) is 0 Å². The smallest absolute Gasteiger partial charge is 0.359 e. The summed E-state index contributed by atoms with van der Waals surface area (Å²) < 4.78 is 107. The summed E-state index contributed by atoms with van der Waals surface area (Å²) in [7, 11) is 0. The van der Waals surface area contributed by atoms with Crippen LogP contribution in [0.4, 0.5) is 35.1 Å². The van der Waals surface area contributed by atoms with Crippen LogP contribution in [0.2, 0.25) is 0 Å². The molecule has 0 saturated carbocycles. The van der Waals surface area contributed by atoms with E-state index in [1.54, 1.807) is 0 Å². The number of hydrogen-bond acceptors (Lipinski definition) is 1. The van der Waals surface area contributed by atoms with Gasteiger partial charge < -0.3 is 4.74 Å². The van der Waals surface area contributed by atoms with Gasteiger partial charge in [0.15, 0.2) is 5.41 Å². The topological polar surface area (TPSA) is 9.23 Å². The molecular formula is C9H10F8O. The third-order valence-corrected chi connectivity index (χ3v) is 3.49. The van der Waals surface area contributed by atoms with Gasteiger partial charge in [0.05, 0.1) is 6.61 Å². The molecule has 18 heavy (non-hydrogen) atoms. The maximum atomic E-state index is 13.7. The molecule has 2 atom stereocenters. The van der Waals surface area contributed by atoms with Crippen molar-refractivity contribution in [3.8, 4) is 0 Å². The first-order chi connectivity index (χ1) is 7.77. The largest absolute Gasteiger partial charge is 0.423 e. The molecule has 1 fully saturated rings. The molecule has 0 spiro atoms. The summed E-state index contributed by atoms with van der Waals surface area (Å²) in [5, 5.41) is 0. The molecule has 1 nitrogen and oxygen atoms in total. The van der Waals surface area contributed by atoms with Crippen LogP contribution < -0.4 is 0 Å². The molecule has 1 saturated heterocycles. The van der Waals surface area contributed by atoms with Crippen LogP contribution in [0.1, 0.15) is 20.3 Å². The number of ether oxygens (including phenoxy) is 1. The van der Waals surface area contributed by atoms with E-state index in [0.29, 0.717) is 0 Å². The van der Waals surface area contributed by atoms with Gasteiger partial charge >= 0.3 is 18.3 Å². The fourth-order valence-corrected chi connectivity index (χ4v) is 1.95. The van der Waals surface area contributed by atoms with Gasteiger partial charge in [-0.2, -0.15) is 26.3 Å². The Bertz CT molecular complexity index is 332. The van der Waals surface area contributed by atoms with E-state index in [1.165, 1.54) is 0 Å². The molecule has 0 aromatic rings. The van der Waals surface area contributed by atoms with Crippen LogP contribution >= 0.6 is 0 Å². The lowest BCUT2D eigenvalue weighted by atomic mass is 9.74. The Labute approximate surface area is 97.1 Å². The van der Waals surface area contributed by atoms with E-state index >= 15 is 0 Å². The molecule has 1 aliphatic heterocycles. The second-order valence-electron chi connectivity index (χ2n) is 4.33. The summed E-state index contributed by atoms with van der Waals surface area (Å²) >= 11 is 0. The van der Waals surface area contributed by atoms with Crippen molar-refractivity contribution in [1.82, 2.24) is 0 Å². The van der Waals surface area contributed by atoms with Gasteiger partial charge in [-0.25, -0.2) is 8.78 Å². The quantitative estimate of drug-likeness (QED) is 0.664. The molecule has 108 valence electrons. The maximum Gasteiger partial charge on any atom is 0.423 e. The molecule has 0 N–H and O–H groups in total. The Balaban J connectivity index is 3.41. The van der Waals surface area contributed by atoms with Crippen LogP contribution in [0, 0.1) is 5.41 Å². The second-order valence-corrected chi connectivity index (χ2v) is 4.33. The summed E-state index contributed by atoms with van der Waals surface area (Å²) in [6.07, 6.45) is -12.3. The first kappa shape index (κ1) is 15.5. The zero-order valence-electron chi connectivity index (χ0n) is 9.35. The molecule has 1 heterocycles. The molecule has 0 radical (unpaired) electrons. The van der Waals surface area contributed by atoms with Gasteiger partial charge in [0, 0.05) is 0 Å². The SMILES string of the molecule is CCC1(C(F)(F)F)COC(C)(C(F)(F)F)C1(F)F. The molecule has 1 rings (SSSR count). The fourth-order valence-electron chi connectivity index (χ4n) is 1.95. The number of rotatable bonds is 1. The summed E-state index contributed by atoms with van der Waals surface area (Å²) in [5.74, 6) is -5.09. The molecule has 0 aromatic heterocycles. The first-order valence-corrected chi connectivity index (χ1v) is 4.92. The molecule has 1 aliphatic rings.